The zero-order chi connectivity index (χ0) is 29.6. The van der Waals surface area contributed by atoms with Gasteiger partial charge in [-0.1, -0.05) is 49.6 Å². The fourth-order valence-corrected chi connectivity index (χ4v) is 3.39. The fraction of sp³-hybridized carbons (Fsp3) is 0.125. The van der Waals surface area contributed by atoms with Gasteiger partial charge in [0, 0.05) is 19.8 Å². The lowest BCUT2D eigenvalue weighted by molar-refractivity contribution is -0.135. The lowest BCUT2D eigenvalue weighted by Crippen LogP contribution is -2.07. The maximum Gasteiger partial charge on any atom is 0.340 e. The highest BCUT2D eigenvalue weighted by Gasteiger charge is 2.09. The SMILES string of the molecule is C=C(COC)C(=O)O/C=C\Oc1ccc(-c2ccc(-c3ccc(O/C=C\OC(=O)C(=C)COC)cc3)c(F)c2)cc1. The average Bonchev–Trinajstić information content (AvgIpc) is 2.98. The van der Waals surface area contributed by atoms with Gasteiger partial charge in [0.2, 0.25) is 0 Å². The first-order valence-electron chi connectivity index (χ1n) is 12.2. The van der Waals surface area contributed by atoms with Crippen molar-refractivity contribution in [2.75, 3.05) is 27.4 Å². The molecule has 0 aromatic heterocycles. The molecular formula is C32H29FO8. The molecule has 0 fully saturated rings. The van der Waals surface area contributed by atoms with E-state index in [1.165, 1.54) is 32.8 Å². The van der Waals surface area contributed by atoms with E-state index >= 15 is 4.39 Å². The smallest absolute Gasteiger partial charge is 0.340 e. The summed E-state index contributed by atoms with van der Waals surface area (Å²) in [5.74, 6) is -0.653. The summed E-state index contributed by atoms with van der Waals surface area (Å²) in [4.78, 5) is 23.3. The Morgan fingerprint density at radius 2 is 1.10 bits per heavy atom. The highest BCUT2D eigenvalue weighted by Crippen LogP contribution is 2.30. The van der Waals surface area contributed by atoms with E-state index in [9.17, 15) is 9.59 Å². The minimum Gasteiger partial charge on any atom is -0.462 e. The number of halogens is 1. The second-order valence-corrected chi connectivity index (χ2v) is 8.41. The summed E-state index contributed by atoms with van der Waals surface area (Å²) in [5.41, 5.74) is 2.92. The predicted octanol–water partition coefficient (Wildman–Crippen LogP) is 6.35. The molecule has 212 valence electrons. The Kier molecular flexibility index (Phi) is 11.6. The van der Waals surface area contributed by atoms with Gasteiger partial charge in [-0.05, 0) is 47.0 Å². The monoisotopic (exact) mass is 560 g/mol. The van der Waals surface area contributed by atoms with Crippen LogP contribution in [-0.2, 0) is 28.5 Å². The number of ether oxygens (including phenoxy) is 6. The number of carbonyl (C=O) groups excluding carboxylic acids is 2. The number of carbonyl (C=O) groups is 2. The number of methoxy groups -OCH3 is 2. The van der Waals surface area contributed by atoms with Crippen molar-refractivity contribution >= 4 is 11.9 Å². The van der Waals surface area contributed by atoms with Crippen molar-refractivity contribution in [3.63, 3.8) is 0 Å². The topological polar surface area (TPSA) is 89.5 Å². The van der Waals surface area contributed by atoms with Gasteiger partial charge in [0.15, 0.2) is 0 Å². The molecule has 3 aromatic carbocycles. The van der Waals surface area contributed by atoms with Gasteiger partial charge in [-0.25, -0.2) is 14.0 Å². The average molecular weight is 561 g/mol. The normalized spacial score (nSPS) is 10.9. The molecule has 0 amide bonds. The summed E-state index contributed by atoms with van der Waals surface area (Å²) in [7, 11) is 2.90. The third-order valence-corrected chi connectivity index (χ3v) is 5.41. The number of benzene rings is 3. The molecule has 3 rings (SSSR count). The minimum atomic E-state index is -0.622. The van der Waals surface area contributed by atoms with Gasteiger partial charge in [-0.15, -0.1) is 0 Å². The summed E-state index contributed by atoms with van der Waals surface area (Å²) in [5, 5.41) is 0. The summed E-state index contributed by atoms with van der Waals surface area (Å²) in [6, 6.07) is 18.7. The molecular weight excluding hydrogens is 531 g/mol. The van der Waals surface area contributed by atoms with Crippen molar-refractivity contribution < 1.29 is 42.4 Å². The van der Waals surface area contributed by atoms with E-state index in [4.69, 9.17) is 28.4 Å². The van der Waals surface area contributed by atoms with Crippen LogP contribution in [0.5, 0.6) is 11.5 Å². The third-order valence-electron chi connectivity index (χ3n) is 5.41. The molecule has 0 saturated carbocycles. The van der Waals surface area contributed by atoms with Crippen molar-refractivity contribution in [1.29, 1.82) is 0 Å². The molecule has 0 unspecified atom stereocenters. The van der Waals surface area contributed by atoms with Gasteiger partial charge in [0.05, 0.1) is 24.4 Å². The highest BCUT2D eigenvalue weighted by atomic mass is 19.1. The molecule has 41 heavy (non-hydrogen) atoms. The zero-order valence-corrected chi connectivity index (χ0v) is 22.6. The summed E-state index contributed by atoms with van der Waals surface area (Å²) in [6.07, 6.45) is 4.65. The second kappa shape index (κ2) is 15.6. The quantitative estimate of drug-likeness (QED) is 0.128. The molecule has 0 N–H and O–H groups in total. The Labute approximate surface area is 237 Å². The third kappa shape index (κ3) is 9.31. The van der Waals surface area contributed by atoms with Crippen LogP contribution in [-0.4, -0.2) is 39.4 Å². The Bertz CT molecular complexity index is 1420. The second-order valence-electron chi connectivity index (χ2n) is 8.41. The van der Waals surface area contributed by atoms with Crippen molar-refractivity contribution in [2.24, 2.45) is 0 Å². The predicted molar refractivity (Wildman–Crippen MR) is 151 cm³/mol. The van der Waals surface area contributed by atoms with Crippen LogP contribution in [0.15, 0.2) is 116 Å². The van der Waals surface area contributed by atoms with E-state index in [-0.39, 0.29) is 30.2 Å². The van der Waals surface area contributed by atoms with Gasteiger partial charge in [-0.3, -0.25) is 0 Å². The van der Waals surface area contributed by atoms with Crippen LogP contribution in [0.4, 0.5) is 4.39 Å². The first-order chi connectivity index (χ1) is 19.8. The van der Waals surface area contributed by atoms with Crippen molar-refractivity contribution in [3.8, 4) is 33.8 Å². The van der Waals surface area contributed by atoms with Crippen molar-refractivity contribution in [1.82, 2.24) is 0 Å². The van der Waals surface area contributed by atoms with Crippen LogP contribution in [0, 0.1) is 5.82 Å². The van der Waals surface area contributed by atoms with Gasteiger partial charge >= 0.3 is 11.9 Å². The zero-order valence-electron chi connectivity index (χ0n) is 22.6. The van der Waals surface area contributed by atoms with Crippen LogP contribution in [0.1, 0.15) is 0 Å². The van der Waals surface area contributed by atoms with Gasteiger partial charge in [0.1, 0.15) is 42.4 Å². The van der Waals surface area contributed by atoms with E-state index in [1.54, 1.807) is 54.6 Å². The van der Waals surface area contributed by atoms with Gasteiger partial charge < -0.3 is 28.4 Å². The van der Waals surface area contributed by atoms with Gasteiger partial charge in [0.25, 0.3) is 0 Å². The number of rotatable bonds is 14. The van der Waals surface area contributed by atoms with Crippen LogP contribution < -0.4 is 9.47 Å². The standard InChI is InChI=1S/C32H29FO8/c1-22(20-36-3)31(34)40-17-15-38-27-10-5-24(6-11-27)26-9-14-29(30(33)19-26)25-7-12-28(13-8-25)39-16-18-41-32(35)23(2)21-37-4/h5-19H,1-2,20-21H2,3-4H3/b17-15-,18-16-. The van der Waals surface area contributed by atoms with E-state index in [2.05, 4.69) is 13.2 Å². The molecule has 0 bridgehead atoms. The summed E-state index contributed by atoms with van der Waals surface area (Å²) >= 11 is 0. The highest BCUT2D eigenvalue weighted by molar-refractivity contribution is 5.88. The molecule has 0 aliphatic carbocycles. The Morgan fingerprint density at radius 3 is 1.54 bits per heavy atom. The van der Waals surface area contributed by atoms with Crippen LogP contribution in [0.25, 0.3) is 22.3 Å². The van der Waals surface area contributed by atoms with E-state index < -0.39 is 11.9 Å². The first kappa shape index (κ1) is 30.6. The maximum absolute atomic E-state index is 15.0. The molecule has 0 atom stereocenters. The molecule has 0 heterocycles. The lowest BCUT2D eigenvalue weighted by Gasteiger charge is -2.09. The number of esters is 2. The first-order valence-corrected chi connectivity index (χ1v) is 12.2. The van der Waals surface area contributed by atoms with Crippen molar-refractivity contribution in [2.45, 2.75) is 0 Å². The molecule has 3 aromatic rings. The van der Waals surface area contributed by atoms with Crippen LogP contribution >= 0.6 is 0 Å². The molecule has 0 radical (unpaired) electrons. The summed E-state index contributed by atoms with van der Waals surface area (Å²) < 4.78 is 45.2. The molecule has 8 nitrogen and oxygen atoms in total. The van der Waals surface area contributed by atoms with Crippen molar-refractivity contribution in [3.05, 3.63) is 122 Å². The Balaban J connectivity index is 1.55. The summed E-state index contributed by atoms with van der Waals surface area (Å²) in [6.45, 7) is 7.24. The number of hydrogen-bond donors (Lipinski definition) is 0. The Morgan fingerprint density at radius 1 is 0.659 bits per heavy atom. The molecule has 0 spiro atoms. The van der Waals surface area contributed by atoms with Crippen LogP contribution in [0.3, 0.4) is 0 Å². The van der Waals surface area contributed by atoms with E-state index in [0.29, 0.717) is 28.2 Å². The molecule has 0 saturated heterocycles. The maximum atomic E-state index is 15.0. The molecule has 0 aliphatic rings. The largest absolute Gasteiger partial charge is 0.462 e. The molecule has 9 heteroatoms. The van der Waals surface area contributed by atoms with E-state index in [1.807, 2.05) is 6.07 Å². The Hall–Kier alpha value is -4.99. The lowest BCUT2D eigenvalue weighted by atomic mass is 9.99. The minimum absolute atomic E-state index is 0.0701. The number of hydrogen-bond acceptors (Lipinski definition) is 8. The van der Waals surface area contributed by atoms with E-state index in [0.717, 1.165) is 18.1 Å². The fourth-order valence-electron chi connectivity index (χ4n) is 3.39. The van der Waals surface area contributed by atoms with Gasteiger partial charge in [-0.2, -0.15) is 0 Å². The molecule has 0 aliphatic heterocycles. The van der Waals surface area contributed by atoms with Crippen LogP contribution in [0.2, 0.25) is 0 Å².